The maximum Gasteiger partial charge on any atom is 0.122 e. The van der Waals surface area contributed by atoms with E-state index in [0.29, 0.717) is 0 Å². The molecule has 4 heteroatoms. The third kappa shape index (κ3) is 1.53. The van der Waals surface area contributed by atoms with Crippen LogP contribution in [0.3, 0.4) is 0 Å². The van der Waals surface area contributed by atoms with Crippen LogP contribution in [0.4, 0.5) is 5.82 Å². The summed E-state index contributed by atoms with van der Waals surface area (Å²) < 4.78 is 1.88. The summed E-state index contributed by atoms with van der Waals surface area (Å²) in [5.74, 6) is 0.725. The minimum absolute atomic E-state index is 0.274. The number of aromatic nitrogens is 2. The lowest BCUT2D eigenvalue weighted by Gasteiger charge is -2.15. The van der Waals surface area contributed by atoms with E-state index in [1.807, 2.05) is 10.7 Å². The topological polar surface area (TPSA) is 43.8 Å². The molecule has 74 valence electrons. The van der Waals surface area contributed by atoms with Gasteiger partial charge in [0.15, 0.2) is 0 Å². The summed E-state index contributed by atoms with van der Waals surface area (Å²) in [6.07, 6.45) is 2.74. The molecular weight excluding hydrogens is 194 g/mol. The molecule has 0 saturated carbocycles. The highest BCUT2D eigenvalue weighted by Crippen LogP contribution is 2.25. The van der Waals surface area contributed by atoms with Crippen LogP contribution in [-0.2, 0) is 0 Å². The van der Waals surface area contributed by atoms with Gasteiger partial charge in [-0.3, -0.25) is 0 Å². The number of rotatable bonds is 3. The Labute approximate surface area is 87.2 Å². The summed E-state index contributed by atoms with van der Waals surface area (Å²) in [7, 11) is 0. The molecule has 0 amide bonds. The van der Waals surface area contributed by atoms with Crippen LogP contribution in [-0.4, -0.2) is 9.78 Å². The highest BCUT2D eigenvalue weighted by Gasteiger charge is 2.14. The van der Waals surface area contributed by atoms with Gasteiger partial charge in [-0.25, -0.2) is 4.68 Å². The summed E-state index contributed by atoms with van der Waals surface area (Å²) >= 11 is 1.70. The van der Waals surface area contributed by atoms with E-state index in [2.05, 4.69) is 28.8 Å². The molecule has 0 aliphatic heterocycles. The molecule has 1 unspecified atom stereocenters. The van der Waals surface area contributed by atoms with Gasteiger partial charge >= 0.3 is 0 Å². The van der Waals surface area contributed by atoms with E-state index >= 15 is 0 Å². The zero-order valence-electron chi connectivity index (χ0n) is 8.05. The van der Waals surface area contributed by atoms with Gasteiger partial charge in [-0.05, 0) is 34.9 Å². The molecule has 3 nitrogen and oxygen atoms in total. The van der Waals surface area contributed by atoms with Crippen LogP contribution >= 0.6 is 11.3 Å². The molecule has 2 aromatic rings. The number of nitrogen functional groups attached to an aromatic ring is 1. The number of nitrogens with zero attached hydrogens (tertiary/aromatic N) is 2. The fourth-order valence-corrected chi connectivity index (χ4v) is 2.31. The van der Waals surface area contributed by atoms with Crippen LogP contribution < -0.4 is 5.73 Å². The third-order valence-electron chi connectivity index (χ3n) is 2.31. The quantitative estimate of drug-likeness (QED) is 0.840. The Hall–Kier alpha value is -1.29. The van der Waals surface area contributed by atoms with Gasteiger partial charge in [0.25, 0.3) is 0 Å². The summed E-state index contributed by atoms with van der Waals surface area (Å²) in [5.41, 5.74) is 7.11. The minimum atomic E-state index is 0.274. The molecule has 0 aliphatic rings. The highest BCUT2D eigenvalue weighted by molar-refractivity contribution is 7.07. The lowest BCUT2D eigenvalue weighted by Crippen LogP contribution is -2.12. The van der Waals surface area contributed by atoms with Gasteiger partial charge in [-0.2, -0.15) is 16.4 Å². The van der Waals surface area contributed by atoms with Crippen molar-refractivity contribution in [1.82, 2.24) is 9.78 Å². The van der Waals surface area contributed by atoms with Crippen molar-refractivity contribution >= 4 is 17.2 Å². The van der Waals surface area contributed by atoms with Crippen molar-refractivity contribution in [3.8, 4) is 0 Å². The molecule has 0 fully saturated rings. The molecular formula is C10H13N3S. The first kappa shape index (κ1) is 9.27. The molecule has 2 aromatic heterocycles. The van der Waals surface area contributed by atoms with E-state index < -0.39 is 0 Å². The van der Waals surface area contributed by atoms with Crippen LogP contribution in [0.5, 0.6) is 0 Å². The molecule has 0 bridgehead atoms. The third-order valence-corrected chi connectivity index (χ3v) is 3.01. The van der Waals surface area contributed by atoms with Gasteiger partial charge < -0.3 is 5.73 Å². The van der Waals surface area contributed by atoms with E-state index in [9.17, 15) is 0 Å². The molecule has 0 saturated heterocycles. The summed E-state index contributed by atoms with van der Waals surface area (Å²) in [4.78, 5) is 0. The first-order valence-corrected chi connectivity index (χ1v) is 5.58. The van der Waals surface area contributed by atoms with E-state index in [1.165, 1.54) is 5.56 Å². The normalized spacial score (nSPS) is 12.9. The molecule has 0 aliphatic carbocycles. The van der Waals surface area contributed by atoms with Gasteiger partial charge in [0.05, 0.1) is 12.2 Å². The van der Waals surface area contributed by atoms with Crippen LogP contribution in [0.15, 0.2) is 29.1 Å². The number of thiophene rings is 1. The molecule has 0 spiro atoms. The van der Waals surface area contributed by atoms with Crippen molar-refractivity contribution in [3.05, 3.63) is 34.7 Å². The predicted molar refractivity (Wildman–Crippen MR) is 59.4 cm³/mol. The first-order valence-electron chi connectivity index (χ1n) is 4.64. The lowest BCUT2D eigenvalue weighted by atomic mass is 10.1. The monoisotopic (exact) mass is 207 g/mol. The van der Waals surface area contributed by atoms with Gasteiger partial charge in [-0.15, -0.1) is 0 Å². The zero-order chi connectivity index (χ0) is 9.97. The summed E-state index contributed by atoms with van der Waals surface area (Å²) in [6.45, 7) is 2.14. The second-order valence-corrected chi connectivity index (χ2v) is 3.96. The molecule has 0 aromatic carbocycles. The number of hydrogen-bond donors (Lipinski definition) is 1. The van der Waals surface area contributed by atoms with Crippen LogP contribution in [0.25, 0.3) is 0 Å². The van der Waals surface area contributed by atoms with Crippen LogP contribution in [0.1, 0.15) is 24.9 Å². The number of hydrogen-bond acceptors (Lipinski definition) is 3. The Morgan fingerprint density at radius 1 is 1.57 bits per heavy atom. The standard InChI is InChI=1S/C10H13N3S/c1-2-9(8-4-6-14-7-8)13-10(11)3-5-12-13/h3-7,9H,2,11H2,1H3. The Bertz CT molecular complexity index is 391. The van der Waals surface area contributed by atoms with E-state index in [0.717, 1.165) is 12.2 Å². The maximum absolute atomic E-state index is 5.83. The largest absolute Gasteiger partial charge is 0.384 e. The van der Waals surface area contributed by atoms with E-state index in [-0.39, 0.29) is 6.04 Å². The molecule has 2 rings (SSSR count). The van der Waals surface area contributed by atoms with E-state index in [4.69, 9.17) is 5.73 Å². The fraction of sp³-hybridized carbons (Fsp3) is 0.300. The van der Waals surface area contributed by atoms with E-state index in [1.54, 1.807) is 17.5 Å². The Morgan fingerprint density at radius 3 is 2.93 bits per heavy atom. The number of nitrogens with two attached hydrogens (primary N) is 1. The average Bonchev–Trinajstić information content (AvgIpc) is 2.80. The van der Waals surface area contributed by atoms with Gasteiger partial charge in [-0.1, -0.05) is 6.92 Å². The lowest BCUT2D eigenvalue weighted by molar-refractivity contribution is 0.518. The summed E-state index contributed by atoms with van der Waals surface area (Å²) in [6, 6.07) is 4.23. The van der Waals surface area contributed by atoms with Gasteiger partial charge in [0, 0.05) is 0 Å². The van der Waals surface area contributed by atoms with Crippen molar-refractivity contribution in [2.24, 2.45) is 0 Å². The van der Waals surface area contributed by atoms with Crippen molar-refractivity contribution in [2.45, 2.75) is 19.4 Å². The molecule has 2 N–H and O–H groups in total. The maximum atomic E-state index is 5.83. The summed E-state index contributed by atoms with van der Waals surface area (Å²) in [5, 5.41) is 8.47. The average molecular weight is 207 g/mol. The van der Waals surface area contributed by atoms with Crippen molar-refractivity contribution in [2.75, 3.05) is 5.73 Å². The smallest absolute Gasteiger partial charge is 0.122 e. The SMILES string of the molecule is CCC(c1ccsc1)n1nccc1N. The van der Waals surface area contributed by atoms with Crippen LogP contribution in [0, 0.1) is 0 Å². The fourth-order valence-electron chi connectivity index (χ4n) is 1.60. The van der Waals surface area contributed by atoms with Gasteiger partial charge in [0.1, 0.15) is 5.82 Å². The minimum Gasteiger partial charge on any atom is -0.384 e. The molecule has 1 atom stereocenters. The number of anilines is 1. The van der Waals surface area contributed by atoms with Crippen LogP contribution in [0.2, 0.25) is 0 Å². The Balaban J connectivity index is 2.36. The van der Waals surface area contributed by atoms with Crippen molar-refractivity contribution in [3.63, 3.8) is 0 Å². The van der Waals surface area contributed by atoms with Crippen molar-refractivity contribution < 1.29 is 0 Å². The highest BCUT2D eigenvalue weighted by atomic mass is 32.1. The Morgan fingerprint density at radius 2 is 2.43 bits per heavy atom. The van der Waals surface area contributed by atoms with Crippen molar-refractivity contribution in [1.29, 1.82) is 0 Å². The molecule has 14 heavy (non-hydrogen) atoms. The Kier molecular flexibility index (Phi) is 2.54. The second kappa shape index (κ2) is 3.84. The first-order chi connectivity index (χ1) is 6.83. The second-order valence-electron chi connectivity index (χ2n) is 3.18. The molecule has 2 heterocycles. The zero-order valence-corrected chi connectivity index (χ0v) is 8.87. The van der Waals surface area contributed by atoms with Gasteiger partial charge in [0.2, 0.25) is 0 Å². The molecule has 0 radical (unpaired) electrons. The predicted octanol–water partition coefficient (Wildman–Crippen LogP) is 2.53.